The van der Waals surface area contributed by atoms with E-state index in [1.54, 1.807) is 26.0 Å². The van der Waals surface area contributed by atoms with Crippen LogP contribution in [0.15, 0.2) is 24.3 Å². The SMILES string of the molecule is CCCC(c1cccc(O)c1)N(C(=O)C(F)(F)F)C(C)C. The fourth-order valence-electron chi connectivity index (χ4n) is 2.35. The van der Waals surface area contributed by atoms with Crippen molar-refractivity contribution in [2.75, 3.05) is 0 Å². The molecular weight excluding hydrogens is 283 g/mol. The molecule has 118 valence electrons. The van der Waals surface area contributed by atoms with E-state index in [9.17, 15) is 23.1 Å². The van der Waals surface area contributed by atoms with Gasteiger partial charge in [-0.3, -0.25) is 4.79 Å². The minimum absolute atomic E-state index is 0.0308. The average molecular weight is 303 g/mol. The number of halogens is 3. The molecule has 1 amide bonds. The third kappa shape index (κ3) is 4.37. The molecule has 1 N–H and O–H groups in total. The van der Waals surface area contributed by atoms with Crippen molar-refractivity contribution >= 4 is 5.91 Å². The molecule has 0 spiro atoms. The van der Waals surface area contributed by atoms with E-state index in [1.807, 2.05) is 6.92 Å². The Bertz CT molecular complexity index is 486. The number of rotatable bonds is 5. The third-order valence-corrected chi connectivity index (χ3v) is 3.19. The van der Waals surface area contributed by atoms with Crippen LogP contribution in [0, 0.1) is 0 Å². The number of phenolic OH excluding ortho intramolecular Hbond substituents is 1. The lowest BCUT2D eigenvalue weighted by molar-refractivity contribution is -0.190. The Morgan fingerprint density at radius 1 is 1.33 bits per heavy atom. The van der Waals surface area contributed by atoms with E-state index in [0.29, 0.717) is 18.4 Å². The van der Waals surface area contributed by atoms with Crippen molar-refractivity contribution in [3.05, 3.63) is 29.8 Å². The van der Waals surface area contributed by atoms with E-state index in [0.717, 1.165) is 4.90 Å². The highest BCUT2D eigenvalue weighted by Gasteiger charge is 2.45. The zero-order valence-corrected chi connectivity index (χ0v) is 12.3. The van der Waals surface area contributed by atoms with E-state index in [4.69, 9.17) is 0 Å². The van der Waals surface area contributed by atoms with Crippen molar-refractivity contribution in [2.24, 2.45) is 0 Å². The maximum absolute atomic E-state index is 12.8. The van der Waals surface area contributed by atoms with Crippen molar-refractivity contribution < 1.29 is 23.1 Å². The summed E-state index contributed by atoms with van der Waals surface area (Å²) in [6.45, 7) is 4.94. The second-order valence-electron chi connectivity index (χ2n) is 5.20. The van der Waals surface area contributed by atoms with Gasteiger partial charge in [-0.25, -0.2) is 0 Å². The topological polar surface area (TPSA) is 40.5 Å². The van der Waals surface area contributed by atoms with Gasteiger partial charge in [0.15, 0.2) is 0 Å². The van der Waals surface area contributed by atoms with E-state index >= 15 is 0 Å². The van der Waals surface area contributed by atoms with E-state index in [1.165, 1.54) is 12.1 Å². The molecule has 0 saturated carbocycles. The highest BCUT2D eigenvalue weighted by Crippen LogP contribution is 2.33. The largest absolute Gasteiger partial charge is 0.508 e. The molecule has 0 heterocycles. The highest BCUT2D eigenvalue weighted by molar-refractivity contribution is 5.82. The van der Waals surface area contributed by atoms with Gasteiger partial charge in [-0.2, -0.15) is 13.2 Å². The molecule has 3 nitrogen and oxygen atoms in total. The van der Waals surface area contributed by atoms with Gasteiger partial charge in [0.25, 0.3) is 0 Å². The third-order valence-electron chi connectivity index (χ3n) is 3.19. The Balaban J connectivity index is 3.24. The number of alkyl halides is 3. The minimum atomic E-state index is -4.91. The maximum atomic E-state index is 12.8. The molecule has 0 aliphatic heterocycles. The van der Waals surface area contributed by atoms with Crippen LogP contribution in [-0.2, 0) is 4.79 Å². The van der Waals surface area contributed by atoms with Crippen LogP contribution in [0.2, 0.25) is 0 Å². The van der Waals surface area contributed by atoms with Crippen LogP contribution in [0.5, 0.6) is 5.75 Å². The fourth-order valence-corrected chi connectivity index (χ4v) is 2.35. The van der Waals surface area contributed by atoms with Crippen molar-refractivity contribution in [3.63, 3.8) is 0 Å². The van der Waals surface area contributed by atoms with Gasteiger partial charge >= 0.3 is 12.1 Å². The molecule has 0 fully saturated rings. The van der Waals surface area contributed by atoms with E-state index in [2.05, 4.69) is 0 Å². The molecule has 1 unspecified atom stereocenters. The number of benzene rings is 1. The number of phenols is 1. The lowest BCUT2D eigenvalue weighted by atomic mass is 9.98. The monoisotopic (exact) mass is 303 g/mol. The summed E-state index contributed by atoms with van der Waals surface area (Å²) in [7, 11) is 0. The summed E-state index contributed by atoms with van der Waals surface area (Å²) in [4.78, 5) is 12.6. The first-order chi connectivity index (χ1) is 9.68. The predicted octanol–water partition coefficient (Wildman–Crippen LogP) is 4.03. The Morgan fingerprint density at radius 3 is 2.38 bits per heavy atom. The van der Waals surface area contributed by atoms with Gasteiger partial charge < -0.3 is 10.0 Å². The molecule has 6 heteroatoms. The van der Waals surface area contributed by atoms with Gasteiger partial charge in [-0.05, 0) is 38.0 Å². The predicted molar refractivity (Wildman–Crippen MR) is 73.8 cm³/mol. The minimum Gasteiger partial charge on any atom is -0.508 e. The first-order valence-electron chi connectivity index (χ1n) is 6.86. The Hall–Kier alpha value is -1.72. The average Bonchev–Trinajstić information content (AvgIpc) is 2.36. The molecule has 0 bridgehead atoms. The molecule has 21 heavy (non-hydrogen) atoms. The van der Waals surface area contributed by atoms with Crippen molar-refractivity contribution in [3.8, 4) is 5.75 Å². The van der Waals surface area contributed by atoms with Crippen LogP contribution in [0.25, 0.3) is 0 Å². The first kappa shape index (κ1) is 17.3. The number of amides is 1. The quantitative estimate of drug-likeness (QED) is 0.892. The molecule has 0 saturated heterocycles. The number of aromatic hydroxyl groups is 1. The summed E-state index contributed by atoms with van der Waals surface area (Å²) in [5.74, 6) is -1.88. The smallest absolute Gasteiger partial charge is 0.471 e. The summed E-state index contributed by atoms with van der Waals surface area (Å²) in [6.07, 6.45) is -3.90. The van der Waals surface area contributed by atoms with Crippen LogP contribution in [0.1, 0.15) is 45.2 Å². The van der Waals surface area contributed by atoms with Gasteiger partial charge in [-0.1, -0.05) is 25.5 Å². The summed E-state index contributed by atoms with van der Waals surface area (Å²) in [6, 6.07) is 4.72. The van der Waals surface area contributed by atoms with Crippen molar-refractivity contribution in [1.29, 1.82) is 0 Å². The molecule has 0 aliphatic rings. The van der Waals surface area contributed by atoms with Gasteiger partial charge in [0.2, 0.25) is 0 Å². The first-order valence-corrected chi connectivity index (χ1v) is 6.86. The number of carbonyl (C=O) groups is 1. The standard InChI is InChI=1S/C15H20F3NO2/c1-4-6-13(11-7-5-8-12(20)9-11)19(10(2)3)14(21)15(16,17)18/h5,7-10,13,20H,4,6H2,1-3H3. The van der Waals surface area contributed by atoms with Crippen LogP contribution < -0.4 is 0 Å². The van der Waals surface area contributed by atoms with Crippen LogP contribution in [0.3, 0.4) is 0 Å². The van der Waals surface area contributed by atoms with Gasteiger partial charge in [0.05, 0.1) is 6.04 Å². The van der Waals surface area contributed by atoms with Gasteiger partial charge in [0.1, 0.15) is 5.75 Å². The highest BCUT2D eigenvalue weighted by atomic mass is 19.4. The number of hydrogen-bond donors (Lipinski definition) is 1. The molecule has 1 aromatic rings. The molecule has 1 aromatic carbocycles. The second kappa shape index (κ2) is 6.83. The maximum Gasteiger partial charge on any atom is 0.471 e. The molecular formula is C15H20F3NO2. The zero-order chi connectivity index (χ0) is 16.2. The molecule has 1 rings (SSSR count). The Kier molecular flexibility index (Phi) is 5.63. The fraction of sp³-hybridized carbons (Fsp3) is 0.533. The molecule has 0 aliphatic carbocycles. The lowest BCUT2D eigenvalue weighted by Crippen LogP contribution is -2.47. The zero-order valence-electron chi connectivity index (χ0n) is 12.3. The molecule has 0 radical (unpaired) electrons. The van der Waals surface area contributed by atoms with Crippen LogP contribution >= 0.6 is 0 Å². The lowest BCUT2D eigenvalue weighted by Gasteiger charge is -2.36. The molecule has 1 atom stereocenters. The molecule has 0 aromatic heterocycles. The summed E-state index contributed by atoms with van der Waals surface area (Å²) < 4.78 is 38.4. The normalized spacial score (nSPS) is 13.3. The number of nitrogens with zero attached hydrogens (tertiary/aromatic N) is 1. The number of carbonyl (C=O) groups excluding carboxylic acids is 1. The van der Waals surface area contributed by atoms with E-state index in [-0.39, 0.29) is 5.75 Å². The Labute approximate surface area is 122 Å². The van der Waals surface area contributed by atoms with Crippen molar-refractivity contribution in [2.45, 2.75) is 51.9 Å². The van der Waals surface area contributed by atoms with Gasteiger partial charge in [0, 0.05) is 6.04 Å². The second-order valence-corrected chi connectivity index (χ2v) is 5.20. The van der Waals surface area contributed by atoms with Crippen LogP contribution in [-0.4, -0.2) is 28.1 Å². The Morgan fingerprint density at radius 2 is 1.95 bits per heavy atom. The summed E-state index contributed by atoms with van der Waals surface area (Å²) in [5, 5.41) is 9.52. The summed E-state index contributed by atoms with van der Waals surface area (Å²) in [5.41, 5.74) is 0.503. The van der Waals surface area contributed by atoms with E-state index < -0.39 is 24.2 Å². The summed E-state index contributed by atoms with van der Waals surface area (Å²) >= 11 is 0. The number of hydrogen-bond acceptors (Lipinski definition) is 2. The van der Waals surface area contributed by atoms with Crippen LogP contribution in [0.4, 0.5) is 13.2 Å². The van der Waals surface area contributed by atoms with Crippen molar-refractivity contribution in [1.82, 2.24) is 4.90 Å². The van der Waals surface area contributed by atoms with Gasteiger partial charge in [-0.15, -0.1) is 0 Å².